The molecular formula is C5H7NO4S. The van der Waals surface area contributed by atoms with Gasteiger partial charge in [0.2, 0.25) is 4.75 Å². The number of carboxylic acid groups (broad SMARTS) is 2. The predicted molar refractivity (Wildman–Crippen MR) is 38.5 cm³/mol. The van der Waals surface area contributed by atoms with Crippen LogP contribution in [0.5, 0.6) is 0 Å². The van der Waals surface area contributed by atoms with Crippen molar-refractivity contribution < 1.29 is 19.8 Å². The molecule has 0 aliphatic carbocycles. The van der Waals surface area contributed by atoms with E-state index in [-0.39, 0.29) is 6.54 Å². The highest BCUT2D eigenvalue weighted by Crippen LogP contribution is 2.29. The highest BCUT2D eigenvalue weighted by atomic mass is 32.2. The van der Waals surface area contributed by atoms with E-state index in [1.54, 1.807) is 0 Å². The molecule has 6 heteroatoms. The van der Waals surface area contributed by atoms with E-state index in [4.69, 9.17) is 10.2 Å². The molecule has 1 heterocycles. The fraction of sp³-hybridized carbons (Fsp3) is 0.600. The average Bonchev–Trinajstić information content (AvgIpc) is 2.34. The van der Waals surface area contributed by atoms with E-state index in [0.29, 0.717) is 5.88 Å². The van der Waals surface area contributed by atoms with Gasteiger partial charge in [0.05, 0.1) is 0 Å². The lowest BCUT2D eigenvalue weighted by Crippen LogP contribution is -2.46. The van der Waals surface area contributed by atoms with Gasteiger partial charge >= 0.3 is 11.9 Å². The van der Waals surface area contributed by atoms with Gasteiger partial charge in [-0.3, -0.25) is 9.59 Å². The van der Waals surface area contributed by atoms with Crippen LogP contribution in [0.25, 0.3) is 0 Å². The molecule has 3 N–H and O–H groups in total. The Kier molecular flexibility index (Phi) is 2.05. The van der Waals surface area contributed by atoms with E-state index in [2.05, 4.69) is 5.32 Å². The fourth-order valence-corrected chi connectivity index (χ4v) is 1.72. The summed E-state index contributed by atoms with van der Waals surface area (Å²) in [4.78, 5) is 21.0. The predicted octanol–water partition coefficient (Wildman–Crippen LogP) is -0.812. The van der Waals surface area contributed by atoms with Gasteiger partial charge in [0, 0.05) is 12.4 Å². The number of hydrogen-bond acceptors (Lipinski definition) is 4. The number of aliphatic carboxylic acids is 2. The Labute approximate surface area is 66.8 Å². The summed E-state index contributed by atoms with van der Waals surface area (Å²) < 4.78 is -1.67. The molecule has 0 aromatic heterocycles. The van der Waals surface area contributed by atoms with Gasteiger partial charge in [0.25, 0.3) is 0 Å². The van der Waals surface area contributed by atoms with Crippen LogP contribution in [0.1, 0.15) is 0 Å². The SMILES string of the molecule is O=C(O)C1(C(=O)O)CNCS1. The zero-order valence-corrected chi connectivity index (χ0v) is 6.35. The van der Waals surface area contributed by atoms with Crippen LogP contribution in [0, 0.1) is 0 Å². The Morgan fingerprint density at radius 1 is 1.36 bits per heavy atom. The highest BCUT2D eigenvalue weighted by molar-refractivity contribution is 8.02. The Balaban J connectivity index is 2.87. The van der Waals surface area contributed by atoms with Gasteiger partial charge in [0.1, 0.15) is 0 Å². The summed E-state index contributed by atoms with van der Waals surface area (Å²) in [5.41, 5.74) is 0. The van der Waals surface area contributed by atoms with E-state index in [1.165, 1.54) is 0 Å². The highest BCUT2D eigenvalue weighted by Gasteiger charge is 2.50. The molecule has 1 rings (SSSR count). The van der Waals surface area contributed by atoms with Crippen molar-refractivity contribution in [3.63, 3.8) is 0 Å². The third kappa shape index (κ3) is 1.19. The lowest BCUT2D eigenvalue weighted by atomic mass is 10.1. The first-order chi connectivity index (χ1) is 5.09. The van der Waals surface area contributed by atoms with Gasteiger partial charge in [-0.25, -0.2) is 0 Å². The van der Waals surface area contributed by atoms with Crippen LogP contribution in [-0.4, -0.2) is 39.3 Å². The summed E-state index contributed by atoms with van der Waals surface area (Å²) in [5, 5.41) is 19.9. The van der Waals surface area contributed by atoms with Crippen molar-refractivity contribution in [2.75, 3.05) is 12.4 Å². The maximum atomic E-state index is 10.5. The summed E-state index contributed by atoms with van der Waals surface area (Å²) in [6, 6.07) is 0. The standard InChI is InChI=1S/C5H7NO4S/c7-3(8)5(4(9)10)1-6-2-11-5/h6H,1-2H2,(H,7,8)(H,9,10). The van der Waals surface area contributed by atoms with Crippen molar-refractivity contribution in [2.24, 2.45) is 0 Å². The zero-order chi connectivity index (χ0) is 8.48. The van der Waals surface area contributed by atoms with Crippen LogP contribution in [0.2, 0.25) is 0 Å². The zero-order valence-electron chi connectivity index (χ0n) is 5.53. The second-order valence-electron chi connectivity index (χ2n) is 2.15. The van der Waals surface area contributed by atoms with Crippen LogP contribution in [0.3, 0.4) is 0 Å². The van der Waals surface area contributed by atoms with Crippen LogP contribution in [0.4, 0.5) is 0 Å². The van der Waals surface area contributed by atoms with Gasteiger partial charge in [-0.15, -0.1) is 11.8 Å². The molecule has 0 unspecified atom stereocenters. The molecule has 0 aromatic rings. The van der Waals surface area contributed by atoms with E-state index in [1.807, 2.05) is 0 Å². The molecule has 0 bridgehead atoms. The minimum absolute atomic E-state index is 0.0116. The molecule has 62 valence electrons. The molecule has 0 radical (unpaired) electrons. The Morgan fingerprint density at radius 2 is 1.91 bits per heavy atom. The Hall–Kier alpha value is -0.750. The third-order valence-electron chi connectivity index (χ3n) is 1.49. The summed E-state index contributed by atoms with van der Waals surface area (Å²) in [6.45, 7) is -0.0116. The molecular weight excluding hydrogens is 170 g/mol. The quantitative estimate of drug-likeness (QED) is 0.478. The molecule has 1 saturated heterocycles. The average molecular weight is 177 g/mol. The van der Waals surface area contributed by atoms with Crippen molar-refractivity contribution in [1.29, 1.82) is 0 Å². The van der Waals surface area contributed by atoms with Crippen molar-refractivity contribution in [1.82, 2.24) is 5.32 Å². The molecule has 0 saturated carbocycles. The third-order valence-corrected chi connectivity index (χ3v) is 2.82. The molecule has 0 aromatic carbocycles. The monoisotopic (exact) mass is 177 g/mol. The number of nitrogens with one attached hydrogen (secondary N) is 1. The number of hydrogen-bond donors (Lipinski definition) is 3. The minimum Gasteiger partial charge on any atom is -0.480 e. The first-order valence-electron chi connectivity index (χ1n) is 2.91. The van der Waals surface area contributed by atoms with Gasteiger partial charge in [-0.2, -0.15) is 0 Å². The second-order valence-corrected chi connectivity index (χ2v) is 3.43. The van der Waals surface area contributed by atoms with Gasteiger partial charge in [-0.05, 0) is 0 Å². The maximum Gasteiger partial charge on any atom is 0.332 e. The molecule has 1 fully saturated rings. The summed E-state index contributed by atoms with van der Waals surface area (Å²) >= 11 is 0.896. The molecule has 5 nitrogen and oxygen atoms in total. The first-order valence-corrected chi connectivity index (χ1v) is 3.89. The second kappa shape index (κ2) is 2.71. The van der Waals surface area contributed by atoms with Crippen molar-refractivity contribution >= 4 is 23.7 Å². The van der Waals surface area contributed by atoms with E-state index < -0.39 is 16.7 Å². The summed E-state index contributed by atoms with van der Waals surface area (Å²) in [6.07, 6.45) is 0. The van der Waals surface area contributed by atoms with E-state index >= 15 is 0 Å². The normalized spacial score (nSPS) is 21.5. The fourth-order valence-electron chi connectivity index (χ4n) is 0.819. The number of thioether (sulfide) groups is 1. The van der Waals surface area contributed by atoms with Crippen molar-refractivity contribution in [2.45, 2.75) is 4.75 Å². The van der Waals surface area contributed by atoms with E-state index in [9.17, 15) is 9.59 Å². The van der Waals surface area contributed by atoms with Crippen LogP contribution in [-0.2, 0) is 9.59 Å². The van der Waals surface area contributed by atoms with Gasteiger partial charge in [0.15, 0.2) is 0 Å². The van der Waals surface area contributed by atoms with Gasteiger partial charge in [-0.1, -0.05) is 0 Å². The number of carbonyl (C=O) groups is 2. The molecule has 0 atom stereocenters. The van der Waals surface area contributed by atoms with Crippen molar-refractivity contribution in [3.8, 4) is 0 Å². The topological polar surface area (TPSA) is 86.6 Å². The molecule has 1 aliphatic heterocycles. The van der Waals surface area contributed by atoms with Crippen LogP contribution in [0.15, 0.2) is 0 Å². The van der Waals surface area contributed by atoms with Crippen molar-refractivity contribution in [3.05, 3.63) is 0 Å². The smallest absolute Gasteiger partial charge is 0.332 e. The molecule has 0 spiro atoms. The first kappa shape index (κ1) is 8.35. The summed E-state index contributed by atoms with van der Waals surface area (Å²) in [5.74, 6) is -2.21. The molecule has 11 heavy (non-hydrogen) atoms. The summed E-state index contributed by atoms with van der Waals surface area (Å²) in [7, 11) is 0. The number of carboxylic acids is 2. The van der Waals surface area contributed by atoms with Crippen LogP contribution >= 0.6 is 11.8 Å². The largest absolute Gasteiger partial charge is 0.480 e. The number of rotatable bonds is 2. The molecule has 0 amide bonds. The maximum absolute atomic E-state index is 10.5. The Morgan fingerprint density at radius 3 is 2.09 bits per heavy atom. The minimum atomic E-state index is -1.67. The van der Waals surface area contributed by atoms with E-state index in [0.717, 1.165) is 11.8 Å². The van der Waals surface area contributed by atoms with Crippen LogP contribution < -0.4 is 5.32 Å². The Bertz CT molecular complexity index is 183. The molecule has 1 aliphatic rings. The lowest BCUT2D eigenvalue weighted by molar-refractivity contribution is -0.151. The lowest BCUT2D eigenvalue weighted by Gasteiger charge is -2.14. The van der Waals surface area contributed by atoms with Gasteiger partial charge < -0.3 is 15.5 Å².